The predicted octanol–water partition coefficient (Wildman–Crippen LogP) is -0.273. The van der Waals surface area contributed by atoms with Gasteiger partial charge in [0.1, 0.15) is 0 Å². The third-order valence-electron chi connectivity index (χ3n) is 3.11. The van der Waals surface area contributed by atoms with Gasteiger partial charge in [0, 0.05) is 13.1 Å². The fourth-order valence-electron chi connectivity index (χ4n) is 2.12. The zero-order chi connectivity index (χ0) is 9.31. The molecule has 13 heavy (non-hydrogen) atoms. The lowest BCUT2D eigenvalue weighted by atomic mass is 9.84. The summed E-state index contributed by atoms with van der Waals surface area (Å²) in [5.74, 6) is -0.231. The van der Waals surface area contributed by atoms with Crippen molar-refractivity contribution in [2.24, 2.45) is 5.73 Å². The molecule has 4 heteroatoms. The Bertz CT molecular complexity index is 204. The molecule has 2 saturated heterocycles. The highest BCUT2D eigenvalue weighted by Crippen LogP contribution is 2.36. The van der Waals surface area contributed by atoms with Crippen LogP contribution in [-0.4, -0.2) is 42.6 Å². The minimum Gasteiger partial charge on any atom is -0.375 e. The van der Waals surface area contributed by atoms with Crippen LogP contribution in [-0.2, 0) is 9.53 Å². The topological polar surface area (TPSA) is 55.6 Å². The molecule has 0 radical (unpaired) electrons. The molecule has 0 aromatic rings. The first-order chi connectivity index (χ1) is 6.20. The maximum absolute atomic E-state index is 10.7. The van der Waals surface area contributed by atoms with E-state index in [-0.39, 0.29) is 11.5 Å². The van der Waals surface area contributed by atoms with Gasteiger partial charge >= 0.3 is 0 Å². The Morgan fingerprint density at radius 3 is 2.38 bits per heavy atom. The van der Waals surface area contributed by atoms with Crippen LogP contribution in [0.4, 0.5) is 0 Å². The van der Waals surface area contributed by atoms with Crippen molar-refractivity contribution < 1.29 is 9.53 Å². The molecule has 2 heterocycles. The van der Waals surface area contributed by atoms with Gasteiger partial charge < -0.3 is 10.5 Å². The third-order valence-corrected chi connectivity index (χ3v) is 3.11. The lowest BCUT2D eigenvalue weighted by Crippen LogP contribution is -2.53. The summed E-state index contributed by atoms with van der Waals surface area (Å²) < 4.78 is 5.57. The molecule has 2 fully saturated rings. The molecule has 0 bridgehead atoms. The maximum Gasteiger partial charge on any atom is 0.231 e. The van der Waals surface area contributed by atoms with Crippen LogP contribution in [0.3, 0.4) is 0 Å². The molecular weight excluding hydrogens is 168 g/mol. The fraction of sp³-hybridized carbons (Fsp3) is 0.889. The van der Waals surface area contributed by atoms with E-state index in [1.807, 2.05) is 0 Å². The van der Waals surface area contributed by atoms with Crippen molar-refractivity contribution in [3.8, 4) is 0 Å². The van der Waals surface area contributed by atoms with Crippen molar-refractivity contribution in [1.29, 1.82) is 0 Å². The van der Waals surface area contributed by atoms with Crippen LogP contribution in [0.5, 0.6) is 0 Å². The monoisotopic (exact) mass is 184 g/mol. The number of hydrogen-bond acceptors (Lipinski definition) is 3. The number of rotatable bonds is 2. The summed E-state index contributed by atoms with van der Waals surface area (Å²) in [4.78, 5) is 12.8. The summed E-state index contributed by atoms with van der Waals surface area (Å²) in [6, 6.07) is 0. The molecule has 1 spiro atoms. The number of primary amides is 1. The van der Waals surface area contributed by atoms with E-state index in [0.717, 1.165) is 32.5 Å². The lowest BCUT2D eigenvalue weighted by Gasteiger charge is -2.47. The minimum atomic E-state index is -0.231. The van der Waals surface area contributed by atoms with Gasteiger partial charge in [0.15, 0.2) is 0 Å². The summed E-state index contributed by atoms with van der Waals surface area (Å²) >= 11 is 0. The number of carbonyl (C=O) groups excluding carboxylic acids is 1. The highest BCUT2D eigenvalue weighted by molar-refractivity contribution is 5.75. The van der Waals surface area contributed by atoms with E-state index < -0.39 is 0 Å². The van der Waals surface area contributed by atoms with Crippen LogP contribution in [0, 0.1) is 0 Å². The summed E-state index contributed by atoms with van der Waals surface area (Å²) in [5.41, 5.74) is 5.30. The first-order valence-corrected chi connectivity index (χ1v) is 4.85. The molecule has 2 aliphatic rings. The normalized spacial score (nSPS) is 27.1. The van der Waals surface area contributed by atoms with Crippen LogP contribution in [0.15, 0.2) is 0 Å². The van der Waals surface area contributed by atoms with Gasteiger partial charge in [-0.1, -0.05) is 0 Å². The van der Waals surface area contributed by atoms with Gasteiger partial charge in [-0.2, -0.15) is 0 Å². The first kappa shape index (κ1) is 8.97. The van der Waals surface area contributed by atoms with Crippen molar-refractivity contribution in [3.63, 3.8) is 0 Å². The number of carbonyl (C=O) groups is 1. The van der Waals surface area contributed by atoms with E-state index in [0.29, 0.717) is 6.54 Å². The van der Waals surface area contributed by atoms with Gasteiger partial charge in [-0.25, -0.2) is 0 Å². The second-order valence-electron chi connectivity index (χ2n) is 4.02. The first-order valence-electron chi connectivity index (χ1n) is 4.85. The largest absolute Gasteiger partial charge is 0.375 e. The van der Waals surface area contributed by atoms with Crippen LogP contribution in [0.2, 0.25) is 0 Å². The molecule has 2 aliphatic heterocycles. The Labute approximate surface area is 78.0 Å². The number of piperidine rings is 1. The highest BCUT2D eigenvalue weighted by Gasteiger charge is 2.40. The Morgan fingerprint density at radius 1 is 1.38 bits per heavy atom. The quantitative estimate of drug-likeness (QED) is 0.642. The van der Waals surface area contributed by atoms with E-state index in [9.17, 15) is 4.79 Å². The predicted molar refractivity (Wildman–Crippen MR) is 48.2 cm³/mol. The number of amides is 1. The van der Waals surface area contributed by atoms with Crippen LogP contribution in [0.1, 0.15) is 19.3 Å². The second kappa shape index (κ2) is 3.27. The standard InChI is InChI=1S/C9H16N2O2/c10-8(12)7-11-4-1-9(2-5-11)3-6-13-9/h1-7H2,(H2,10,12). The summed E-state index contributed by atoms with van der Waals surface area (Å²) in [6.07, 6.45) is 3.30. The van der Waals surface area contributed by atoms with Crippen molar-refractivity contribution in [2.45, 2.75) is 24.9 Å². The lowest BCUT2D eigenvalue weighted by molar-refractivity contribution is -0.173. The van der Waals surface area contributed by atoms with Crippen LogP contribution in [0.25, 0.3) is 0 Å². The average Bonchev–Trinajstić information content (AvgIpc) is 2.02. The van der Waals surface area contributed by atoms with Crippen molar-refractivity contribution in [2.75, 3.05) is 26.2 Å². The van der Waals surface area contributed by atoms with Gasteiger partial charge in [-0.3, -0.25) is 9.69 Å². The van der Waals surface area contributed by atoms with Gasteiger partial charge in [-0.15, -0.1) is 0 Å². The van der Waals surface area contributed by atoms with Gasteiger partial charge in [0.05, 0.1) is 18.8 Å². The Morgan fingerprint density at radius 2 is 2.00 bits per heavy atom. The Hall–Kier alpha value is -0.610. The van der Waals surface area contributed by atoms with E-state index >= 15 is 0 Å². The van der Waals surface area contributed by atoms with E-state index in [2.05, 4.69) is 4.90 Å². The fourth-order valence-corrected chi connectivity index (χ4v) is 2.12. The molecule has 0 unspecified atom stereocenters. The Balaban J connectivity index is 1.79. The number of likely N-dealkylation sites (tertiary alicyclic amines) is 1. The maximum atomic E-state index is 10.7. The molecule has 2 rings (SSSR count). The second-order valence-corrected chi connectivity index (χ2v) is 4.02. The van der Waals surface area contributed by atoms with E-state index in [1.54, 1.807) is 0 Å². The summed E-state index contributed by atoms with van der Waals surface area (Å²) in [5, 5.41) is 0. The van der Waals surface area contributed by atoms with Crippen molar-refractivity contribution in [3.05, 3.63) is 0 Å². The molecule has 2 N–H and O–H groups in total. The molecule has 74 valence electrons. The molecule has 0 atom stereocenters. The van der Waals surface area contributed by atoms with Crippen LogP contribution >= 0.6 is 0 Å². The third kappa shape index (κ3) is 1.84. The van der Waals surface area contributed by atoms with Gasteiger partial charge in [0.25, 0.3) is 0 Å². The number of hydrogen-bond donors (Lipinski definition) is 1. The van der Waals surface area contributed by atoms with Crippen molar-refractivity contribution >= 4 is 5.91 Å². The zero-order valence-electron chi connectivity index (χ0n) is 7.79. The summed E-state index contributed by atoms with van der Waals surface area (Å²) in [6.45, 7) is 3.21. The van der Waals surface area contributed by atoms with Crippen molar-refractivity contribution in [1.82, 2.24) is 4.90 Å². The molecule has 0 aliphatic carbocycles. The molecule has 1 amide bonds. The molecule has 0 aromatic heterocycles. The van der Waals surface area contributed by atoms with Gasteiger partial charge in [-0.05, 0) is 19.3 Å². The van der Waals surface area contributed by atoms with Gasteiger partial charge in [0.2, 0.25) is 5.91 Å². The Kier molecular flexibility index (Phi) is 2.26. The average molecular weight is 184 g/mol. The smallest absolute Gasteiger partial charge is 0.231 e. The molecule has 4 nitrogen and oxygen atoms in total. The van der Waals surface area contributed by atoms with E-state index in [1.165, 1.54) is 6.42 Å². The number of ether oxygens (including phenoxy) is 1. The van der Waals surface area contributed by atoms with E-state index in [4.69, 9.17) is 10.5 Å². The highest BCUT2D eigenvalue weighted by atomic mass is 16.5. The number of nitrogens with zero attached hydrogens (tertiary/aromatic N) is 1. The minimum absolute atomic E-state index is 0.175. The molecular formula is C9H16N2O2. The SMILES string of the molecule is NC(=O)CN1CCC2(CCO2)CC1. The summed E-state index contributed by atoms with van der Waals surface area (Å²) in [7, 11) is 0. The zero-order valence-corrected chi connectivity index (χ0v) is 7.79. The molecule has 0 aromatic carbocycles. The molecule has 0 saturated carbocycles. The number of nitrogens with two attached hydrogens (primary N) is 1. The van der Waals surface area contributed by atoms with Crippen LogP contribution < -0.4 is 5.73 Å².